The number of likely N-dealkylation sites (N-methyl/N-ethyl adjacent to an activating group) is 1. The molecule has 0 aliphatic carbocycles. The fourth-order valence-corrected chi connectivity index (χ4v) is 0.833. The standard InChI is InChI=1S/C6H13NOS/c1-6(9-3)7(2)4-5-8/h8H,1,4-5H2,2-3H3. The van der Waals surface area contributed by atoms with Crippen molar-refractivity contribution in [2.45, 2.75) is 0 Å². The highest BCUT2D eigenvalue weighted by Crippen LogP contribution is 2.10. The molecule has 0 aromatic heterocycles. The second-order valence-electron chi connectivity index (χ2n) is 1.74. The fourth-order valence-electron chi connectivity index (χ4n) is 0.431. The van der Waals surface area contributed by atoms with Crippen LogP contribution in [-0.2, 0) is 0 Å². The average molecular weight is 147 g/mol. The Morgan fingerprint density at radius 2 is 2.33 bits per heavy atom. The second-order valence-corrected chi connectivity index (χ2v) is 2.62. The van der Waals surface area contributed by atoms with Crippen LogP contribution in [0.5, 0.6) is 0 Å². The predicted molar refractivity (Wildman–Crippen MR) is 42.4 cm³/mol. The summed E-state index contributed by atoms with van der Waals surface area (Å²) in [5, 5.41) is 9.48. The van der Waals surface area contributed by atoms with E-state index >= 15 is 0 Å². The van der Waals surface area contributed by atoms with Gasteiger partial charge in [-0.05, 0) is 6.26 Å². The minimum Gasteiger partial charge on any atom is -0.395 e. The first-order valence-corrected chi connectivity index (χ1v) is 3.99. The van der Waals surface area contributed by atoms with Crippen LogP contribution >= 0.6 is 11.8 Å². The van der Waals surface area contributed by atoms with Crippen molar-refractivity contribution >= 4 is 11.8 Å². The minimum absolute atomic E-state index is 0.191. The van der Waals surface area contributed by atoms with Crippen molar-refractivity contribution in [3.8, 4) is 0 Å². The van der Waals surface area contributed by atoms with Gasteiger partial charge in [0.25, 0.3) is 0 Å². The van der Waals surface area contributed by atoms with Gasteiger partial charge in [-0.1, -0.05) is 6.58 Å². The van der Waals surface area contributed by atoms with E-state index in [9.17, 15) is 0 Å². The van der Waals surface area contributed by atoms with Crippen LogP contribution in [-0.4, -0.2) is 36.5 Å². The third-order valence-corrected chi connectivity index (χ3v) is 1.88. The number of rotatable bonds is 4. The molecule has 0 rings (SSSR count). The van der Waals surface area contributed by atoms with E-state index in [4.69, 9.17) is 5.11 Å². The lowest BCUT2D eigenvalue weighted by atomic mass is 10.6. The van der Waals surface area contributed by atoms with E-state index in [1.54, 1.807) is 11.8 Å². The number of aliphatic hydroxyl groups excluding tert-OH is 1. The third kappa shape index (κ3) is 3.43. The number of thioether (sulfide) groups is 1. The Morgan fingerprint density at radius 3 is 2.67 bits per heavy atom. The SMILES string of the molecule is C=C(SC)N(C)CCO. The smallest absolute Gasteiger partial charge is 0.0629 e. The van der Waals surface area contributed by atoms with Crippen LogP contribution in [0.3, 0.4) is 0 Å². The van der Waals surface area contributed by atoms with Crippen molar-refractivity contribution in [1.29, 1.82) is 0 Å². The zero-order chi connectivity index (χ0) is 7.28. The Balaban J connectivity index is 3.45. The summed E-state index contributed by atoms with van der Waals surface area (Å²) in [6, 6.07) is 0. The predicted octanol–water partition coefficient (Wildman–Crippen LogP) is 0.745. The van der Waals surface area contributed by atoms with Crippen molar-refractivity contribution in [1.82, 2.24) is 4.90 Å². The summed E-state index contributed by atoms with van der Waals surface area (Å²) in [5.74, 6) is 0. The third-order valence-electron chi connectivity index (χ3n) is 1.10. The van der Waals surface area contributed by atoms with Crippen LogP contribution in [0.15, 0.2) is 11.6 Å². The molecule has 9 heavy (non-hydrogen) atoms. The molecule has 0 fully saturated rings. The number of hydrogen-bond acceptors (Lipinski definition) is 3. The Kier molecular flexibility index (Phi) is 4.62. The maximum atomic E-state index is 8.49. The molecule has 0 heterocycles. The van der Waals surface area contributed by atoms with Crippen molar-refractivity contribution in [2.75, 3.05) is 26.5 Å². The highest BCUT2D eigenvalue weighted by Gasteiger charge is 1.96. The zero-order valence-corrected chi connectivity index (χ0v) is 6.74. The highest BCUT2D eigenvalue weighted by atomic mass is 32.2. The lowest BCUT2D eigenvalue weighted by molar-refractivity contribution is 0.252. The van der Waals surface area contributed by atoms with Crippen LogP contribution in [0.4, 0.5) is 0 Å². The van der Waals surface area contributed by atoms with E-state index < -0.39 is 0 Å². The van der Waals surface area contributed by atoms with Gasteiger partial charge in [0.1, 0.15) is 0 Å². The summed E-state index contributed by atoms with van der Waals surface area (Å²) in [7, 11) is 1.91. The molecular weight excluding hydrogens is 134 g/mol. The molecule has 0 saturated heterocycles. The second kappa shape index (κ2) is 4.70. The van der Waals surface area contributed by atoms with Crippen LogP contribution < -0.4 is 0 Å². The molecule has 0 aliphatic heterocycles. The molecular formula is C6H13NOS. The Bertz CT molecular complexity index is 95.1. The van der Waals surface area contributed by atoms with Gasteiger partial charge in [0.15, 0.2) is 0 Å². The lowest BCUT2D eigenvalue weighted by Crippen LogP contribution is -2.18. The molecule has 0 bridgehead atoms. The molecule has 2 nitrogen and oxygen atoms in total. The first-order valence-electron chi connectivity index (χ1n) is 2.77. The molecule has 3 heteroatoms. The fraction of sp³-hybridized carbons (Fsp3) is 0.667. The average Bonchev–Trinajstić information content (AvgIpc) is 1.87. The quantitative estimate of drug-likeness (QED) is 0.634. The van der Waals surface area contributed by atoms with Crippen LogP contribution in [0, 0.1) is 0 Å². The molecule has 0 radical (unpaired) electrons. The zero-order valence-electron chi connectivity index (χ0n) is 5.92. The molecule has 1 N–H and O–H groups in total. The van der Waals surface area contributed by atoms with Crippen LogP contribution in [0.2, 0.25) is 0 Å². The van der Waals surface area contributed by atoms with Crippen molar-refractivity contribution in [3.63, 3.8) is 0 Å². The van der Waals surface area contributed by atoms with Gasteiger partial charge in [-0.3, -0.25) is 0 Å². The summed E-state index contributed by atoms with van der Waals surface area (Å²) < 4.78 is 0. The van der Waals surface area contributed by atoms with Gasteiger partial charge < -0.3 is 10.0 Å². The summed E-state index contributed by atoms with van der Waals surface area (Å²) in [6.45, 7) is 4.63. The van der Waals surface area contributed by atoms with Gasteiger partial charge >= 0.3 is 0 Å². The van der Waals surface area contributed by atoms with Crippen molar-refractivity contribution < 1.29 is 5.11 Å². The molecule has 0 aliphatic rings. The Labute approximate surface area is 60.6 Å². The van der Waals surface area contributed by atoms with Gasteiger partial charge in [0.2, 0.25) is 0 Å². The van der Waals surface area contributed by atoms with Crippen molar-refractivity contribution in [3.05, 3.63) is 11.6 Å². The van der Waals surface area contributed by atoms with Crippen LogP contribution in [0.25, 0.3) is 0 Å². The summed E-state index contributed by atoms with van der Waals surface area (Å²) in [5.41, 5.74) is 0. The van der Waals surface area contributed by atoms with E-state index in [1.165, 1.54) is 0 Å². The molecule has 0 aromatic carbocycles. The summed E-state index contributed by atoms with van der Waals surface area (Å²) >= 11 is 1.59. The maximum Gasteiger partial charge on any atom is 0.0629 e. The largest absolute Gasteiger partial charge is 0.395 e. The number of hydrogen-bond donors (Lipinski definition) is 1. The minimum atomic E-state index is 0.191. The highest BCUT2D eigenvalue weighted by molar-refractivity contribution is 8.02. The molecule has 0 atom stereocenters. The molecule has 0 amide bonds. The summed E-state index contributed by atoms with van der Waals surface area (Å²) in [6.07, 6.45) is 1.97. The Morgan fingerprint density at radius 1 is 1.78 bits per heavy atom. The Hall–Kier alpha value is -0.150. The molecule has 0 aromatic rings. The first-order chi connectivity index (χ1) is 4.22. The number of aliphatic hydroxyl groups is 1. The van der Waals surface area contributed by atoms with Crippen molar-refractivity contribution in [2.24, 2.45) is 0 Å². The maximum absolute atomic E-state index is 8.49. The molecule has 0 saturated carbocycles. The lowest BCUT2D eigenvalue weighted by Gasteiger charge is -2.17. The van der Waals surface area contributed by atoms with Gasteiger partial charge in [0.05, 0.1) is 11.6 Å². The van der Waals surface area contributed by atoms with E-state index in [1.807, 2.05) is 18.2 Å². The molecule has 0 unspecified atom stereocenters. The van der Waals surface area contributed by atoms with Gasteiger partial charge in [-0.25, -0.2) is 0 Å². The van der Waals surface area contributed by atoms with Gasteiger partial charge in [-0.2, -0.15) is 0 Å². The summed E-state index contributed by atoms with van der Waals surface area (Å²) in [4.78, 5) is 1.92. The number of nitrogens with zero attached hydrogens (tertiary/aromatic N) is 1. The van der Waals surface area contributed by atoms with Gasteiger partial charge in [-0.15, -0.1) is 11.8 Å². The normalized spacial score (nSPS) is 9.22. The van der Waals surface area contributed by atoms with E-state index in [0.29, 0.717) is 6.54 Å². The monoisotopic (exact) mass is 147 g/mol. The topological polar surface area (TPSA) is 23.5 Å². The first kappa shape index (κ1) is 8.85. The molecule has 0 spiro atoms. The molecule has 54 valence electrons. The van der Waals surface area contributed by atoms with Gasteiger partial charge in [0, 0.05) is 13.6 Å². The van der Waals surface area contributed by atoms with E-state index in [-0.39, 0.29) is 6.61 Å². The van der Waals surface area contributed by atoms with Crippen LogP contribution in [0.1, 0.15) is 0 Å². The van der Waals surface area contributed by atoms with E-state index in [2.05, 4.69) is 6.58 Å². The van der Waals surface area contributed by atoms with E-state index in [0.717, 1.165) is 5.03 Å².